The van der Waals surface area contributed by atoms with Crippen molar-refractivity contribution >= 4 is 12.6 Å². The van der Waals surface area contributed by atoms with Gasteiger partial charge in [-0.15, -0.1) is 0 Å². The van der Waals surface area contributed by atoms with E-state index in [1.165, 1.54) is 0 Å². The molecule has 0 atom stereocenters. The number of amides is 1. The number of carbonyl (C=O) groups excluding carboxylic acids is 1. The third-order valence-electron chi connectivity index (χ3n) is 1.49. The van der Waals surface area contributed by atoms with Crippen LogP contribution in [0.2, 0.25) is 0 Å². The van der Waals surface area contributed by atoms with E-state index in [1.807, 2.05) is 19.1 Å². The number of rotatable bonds is 2. The number of nitrogens with zero attached hydrogens (tertiary/aromatic N) is 1. The van der Waals surface area contributed by atoms with Crippen molar-refractivity contribution in [1.29, 1.82) is 0 Å². The van der Waals surface area contributed by atoms with Gasteiger partial charge in [-0.2, -0.15) is 5.10 Å². The highest BCUT2D eigenvalue weighted by Gasteiger charge is 2.01. The number of aryl methyl sites for hydroxylation is 1. The van der Waals surface area contributed by atoms with Crippen LogP contribution >= 0.6 is 0 Å². The zero-order chi connectivity index (χ0) is 8.97. The number of hydrogen-bond acceptors (Lipinski definition) is 2. The summed E-state index contributed by atoms with van der Waals surface area (Å²) in [6.45, 7) is 5.13. The molecule has 0 aliphatic heterocycles. The minimum atomic E-state index is -0.231. The second-order valence-corrected chi connectivity index (χ2v) is 2.47. The normalized spacial score (nSPS) is 9.08. The fourth-order valence-electron chi connectivity index (χ4n) is 0.841. The van der Waals surface area contributed by atoms with E-state index < -0.39 is 0 Å². The number of nitrogens with one attached hydrogen (secondary N) is 1. The first kappa shape index (κ1) is 8.46. The molecule has 0 saturated heterocycles. The molecule has 1 amide bonds. The molecule has 62 valence electrons. The van der Waals surface area contributed by atoms with Crippen molar-refractivity contribution in [2.45, 2.75) is 6.92 Å². The molecule has 1 N–H and O–H groups in total. The van der Waals surface area contributed by atoms with E-state index in [1.54, 1.807) is 12.1 Å². The fraction of sp³-hybridized carbons (Fsp3) is 0.111. The van der Waals surface area contributed by atoms with Crippen molar-refractivity contribution in [3.8, 4) is 0 Å². The van der Waals surface area contributed by atoms with Gasteiger partial charge in [0.25, 0.3) is 5.91 Å². The van der Waals surface area contributed by atoms with Gasteiger partial charge >= 0.3 is 0 Å². The molecule has 1 aromatic carbocycles. The van der Waals surface area contributed by atoms with Gasteiger partial charge < -0.3 is 0 Å². The van der Waals surface area contributed by atoms with Gasteiger partial charge in [-0.1, -0.05) is 17.7 Å². The molecule has 0 fully saturated rings. The van der Waals surface area contributed by atoms with E-state index in [4.69, 9.17) is 0 Å². The first-order valence-electron chi connectivity index (χ1n) is 3.57. The van der Waals surface area contributed by atoms with Crippen LogP contribution < -0.4 is 5.43 Å². The maximum Gasteiger partial charge on any atom is 0.271 e. The van der Waals surface area contributed by atoms with E-state index in [-0.39, 0.29) is 5.91 Å². The second kappa shape index (κ2) is 3.67. The van der Waals surface area contributed by atoms with Gasteiger partial charge in [0, 0.05) is 12.3 Å². The quantitative estimate of drug-likeness (QED) is 0.517. The molecule has 0 spiro atoms. The summed E-state index contributed by atoms with van der Waals surface area (Å²) in [4.78, 5) is 11.1. The Morgan fingerprint density at radius 3 is 2.50 bits per heavy atom. The molecule has 0 saturated carbocycles. The molecule has 12 heavy (non-hydrogen) atoms. The van der Waals surface area contributed by atoms with E-state index >= 15 is 0 Å². The topological polar surface area (TPSA) is 41.5 Å². The molecule has 0 heterocycles. The lowest BCUT2D eigenvalue weighted by molar-refractivity contribution is 0.0955. The van der Waals surface area contributed by atoms with Gasteiger partial charge in [0.05, 0.1) is 0 Å². The Morgan fingerprint density at radius 1 is 1.42 bits per heavy atom. The summed E-state index contributed by atoms with van der Waals surface area (Å²) >= 11 is 0. The molecule has 1 aromatic rings. The van der Waals surface area contributed by atoms with Gasteiger partial charge in [-0.25, -0.2) is 5.43 Å². The standard InChI is InChI=1S/C9H10N2O/c1-7-3-5-8(6-4-7)9(12)11-10-2/h3-6H,2H2,1H3,(H,11,12). The molecular formula is C9H10N2O. The first-order valence-corrected chi connectivity index (χ1v) is 3.57. The number of carbonyl (C=O) groups is 1. The largest absolute Gasteiger partial charge is 0.271 e. The summed E-state index contributed by atoms with van der Waals surface area (Å²) in [5, 5.41) is 3.28. The van der Waals surface area contributed by atoms with Gasteiger partial charge in [0.15, 0.2) is 0 Å². The zero-order valence-corrected chi connectivity index (χ0v) is 6.87. The summed E-state index contributed by atoms with van der Waals surface area (Å²) in [7, 11) is 0. The van der Waals surface area contributed by atoms with Crippen LogP contribution in [0, 0.1) is 6.92 Å². The van der Waals surface area contributed by atoms with Crippen LogP contribution in [-0.4, -0.2) is 12.6 Å². The predicted molar refractivity (Wildman–Crippen MR) is 48.2 cm³/mol. The zero-order valence-electron chi connectivity index (χ0n) is 6.87. The van der Waals surface area contributed by atoms with Crippen LogP contribution in [0.4, 0.5) is 0 Å². The summed E-state index contributed by atoms with van der Waals surface area (Å²) in [5.74, 6) is -0.231. The molecular weight excluding hydrogens is 152 g/mol. The van der Waals surface area contributed by atoms with Crippen LogP contribution in [0.25, 0.3) is 0 Å². The van der Waals surface area contributed by atoms with Crippen LogP contribution in [0.3, 0.4) is 0 Å². The van der Waals surface area contributed by atoms with Crippen molar-refractivity contribution in [3.05, 3.63) is 35.4 Å². The van der Waals surface area contributed by atoms with E-state index in [9.17, 15) is 4.79 Å². The molecule has 0 radical (unpaired) electrons. The Labute approximate surface area is 71.1 Å². The third-order valence-corrected chi connectivity index (χ3v) is 1.49. The molecule has 3 heteroatoms. The van der Waals surface area contributed by atoms with Crippen molar-refractivity contribution in [3.63, 3.8) is 0 Å². The maximum atomic E-state index is 11.1. The van der Waals surface area contributed by atoms with E-state index in [0.717, 1.165) is 5.56 Å². The minimum absolute atomic E-state index is 0.231. The van der Waals surface area contributed by atoms with Gasteiger partial charge in [-0.05, 0) is 19.1 Å². The van der Waals surface area contributed by atoms with Crippen molar-refractivity contribution in [2.24, 2.45) is 5.10 Å². The Balaban J connectivity index is 2.82. The molecule has 0 aliphatic carbocycles. The molecule has 3 nitrogen and oxygen atoms in total. The lowest BCUT2D eigenvalue weighted by Gasteiger charge is -1.98. The van der Waals surface area contributed by atoms with E-state index in [2.05, 4.69) is 17.2 Å². The average Bonchev–Trinajstić information content (AvgIpc) is 2.06. The summed E-state index contributed by atoms with van der Waals surface area (Å²) < 4.78 is 0. The van der Waals surface area contributed by atoms with Crippen LogP contribution in [0.5, 0.6) is 0 Å². The maximum absolute atomic E-state index is 11.1. The van der Waals surface area contributed by atoms with Crippen LogP contribution in [-0.2, 0) is 0 Å². The summed E-state index contributed by atoms with van der Waals surface area (Å²) in [5.41, 5.74) is 3.97. The predicted octanol–water partition coefficient (Wildman–Crippen LogP) is 1.34. The lowest BCUT2D eigenvalue weighted by atomic mass is 10.1. The smallest absolute Gasteiger partial charge is 0.267 e. The number of benzene rings is 1. The van der Waals surface area contributed by atoms with Crippen molar-refractivity contribution < 1.29 is 4.79 Å². The highest BCUT2D eigenvalue weighted by Crippen LogP contribution is 2.02. The Morgan fingerprint density at radius 2 is 2.00 bits per heavy atom. The average molecular weight is 162 g/mol. The fourth-order valence-corrected chi connectivity index (χ4v) is 0.841. The molecule has 0 bridgehead atoms. The third kappa shape index (κ3) is 1.92. The Kier molecular flexibility index (Phi) is 2.58. The molecule has 0 aromatic heterocycles. The van der Waals surface area contributed by atoms with Crippen LogP contribution in [0.1, 0.15) is 15.9 Å². The highest BCUT2D eigenvalue weighted by molar-refractivity contribution is 5.94. The van der Waals surface area contributed by atoms with Crippen molar-refractivity contribution in [1.82, 2.24) is 5.43 Å². The SMILES string of the molecule is C=NNC(=O)c1ccc(C)cc1. The van der Waals surface area contributed by atoms with Gasteiger partial charge in [-0.3, -0.25) is 4.79 Å². The highest BCUT2D eigenvalue weighted by atomic mass is 16.2. The van der Waals surface area contributed by atoms with E-state index in [0.29, 0.717) is 5.56 Å². The van der Waals surface area contributed by atoms with Gasteiger partial charge in [0.1, 0.15) is 0 Å². The molecule has 0 aliphatic rings. The number of hydrogen-bond donors (Lipinski definition) is 1. The summed E-state index contributed by atoms with van der Waals surface area (Å²) in [6, 6.07) is 7.24. The van der Waals surface area contributed by atoms with Crippen molar-refractivity contribution in [2.75, 3.05) is 0 Å². The van der Waals surface area contributed by atoms with Crippen LogP contribution in [0.15, 0.2) is 29.4 Å². The summed E-state index contributed by atoms with van der Waals surface area (Å²) in [6.07, 6.45) is 0. The molecule has 0 unspecified atom stereocenters. The number of hydrazone groups is 1. The molecule has 1 rings (SSSR count). The lowest BCUT2D eigenvalue weighted by Crippen LogP contribution is -2.16. The van der Waals surface area contributed by atoms with Gasteiger partial charge in [0.2, 0.25) is 0 Å². The minimum Gasteiger partial charge on any atom is -0.267 e. The monoisotopic (exact) mass is 162 g/mol. The first-order chi connectivity index (χ1) is 5.74. The Hall–Kier alpha value is -1.64. The second-order valence-electron chi connectivity index (χ2n) is 2.47. The Bertz CT molecular complexity index is 290.